The Kier molecular flexibility index (Phi) is 4.04. The molecule has 2 aromatic rings. The second kappa shape index (κ2) is 5.92. The van der Waals surface area contributed by atoms with Gasteiger partial charge in [0.2, 0.25) is 0 Å². The Hall–Kier alpha value is -2.47. The van der Waals surface area contributed by atoms with Gasteiger partial charge in [-0.3, -0.25) is 15.1 Å². The van der Waals surface area contributed by atoms with E-state index in [1.54, 1.807) is 12.3 Å². The van der Waals surface area contributed by atoms with E-state index in [4.69, 9.17) is 10.5 Å². The second-order valence-corrected chi connectivity index (χ2v) is 3.86. The summed E-state index contributed by atoms with van der Waals surface area (Å²) < 4.78 is 5.58. The Bertz CT molecular complexity index is 573. The van der Waals surface area contributed by atoms with Crippen LogP contribution in [0.25, 0.3) is 0 Å². The van der Waals surface area contributed by atoms with E-state index in [2.05, 4.69) is 4.98 Å². The molecular formula is C13H13N3O3. The normalized spacial score (nSPS) is 10.2. The van der Waals surface area contributed by atoms with Gasteiger partial charge in [-0.05, 0) is 18.2 Å². The predicted molar refractivity (Wildman–Crippen MR) is 69.6 cm³/mol. The van der Waals surface area contributed by atoms with Gasteiger partial charge in [0.05, 0.1) is 10.6 Å². The number of non-ortho nitro benzene ring substituents is 1. The zero-order valence-corrected chi connectivity index (χ0v) is 10.2. The number of ether oxygens (including phenoxy) is 1. The van der Waals surface area contributed by atoms with E-state index >= 15 is 0 Å². The van der Waals surface area contributed by atoms with E-state index in [-0.39, 0.29) is 12.2 Å². The van der Waals surface area contributed by atoms with Gasteiger partial charge in [-0.15, -0.1) is 0 Å². The molecule has 0 unspecified atom stereocenters. The lowest BCUT2D eigenvalue weighted by molar-refractivity contribution is -0.384. The Morgan fingerprint density at radius 3 is 2.79 bits per heavy atom. The van der Waals surface area contributed by atoms with E-state index in [1.807, 2.05) is 18.2 Å². The van der Waals surface area contributed by atoms with Gasteiger partial charge in [0.1, 0.15) is 12.4 Å². The van der Waals surface area contributed by atoms with E-state index in [0.717, 1.165) is 5.69 Å². The minimum Gasteiger partial charge on any atom is -0.487 e. The first-order valence-electron chi connectivity index (χ1n) is 5.71. The van der Waals surface area contributed by atoms with Crippen molar-refractivity contribution in [2.45, 2.75) is 13.2 Å². The van der Waals surface area contributed by atoms with E-state index in [1.165, 1.54) is 12.1 Å². The van der Waals surface area contributed by atoms with Gasteiger partial charge in [0, 0.05) is 30.4 Å². The van der Waals surface area contributed by atoms with Crippen LogP contribution in [0.15, 0.2) is 42.6 Å². The molecule has 6 heteroatoms. The van der Waals surface area contributed by atoms with Crippen LogP contribution in [0.2, 0.25) is 0 Å². The van der Waals surface area contributed by atoms with Gasteiger partial charge in [0.25, 0.3) is 5.69 Å². The minimum absolute atomic E-state index is 0.00522. The van der Waals surface area contributed by atoms with Crippen LogP contribution in [0.5, 0.6) is 5.75 Å². The zero-order chi connectivity index (χ0) is 13.7. The smallest absolute Gasteiger partial charge is 0.270 e. The maximum absolute atomic E-state index is 10.7. The molecule has 0 saturated carbocycles. The van der Waals surface area contributed by atoms with Gasteiger partial charge in [-0.2, -0.15) is 0 Å². The van der Waals surface area contributed by atoms with Crippen LogP contribution in [0.1, 0.15) is 11.3 Å². The number of rotatable bonds is 5. The Labute approximate surface area is 110 Å². The van der Waals surface area contributed by atoms with Crippen molar-refractivity contribution in [3.05, 3.63) is 64.0 Å². The van der Waals surface area contributed by atoms with Crippen molar-refractivity contribution in [1.82, 2.24) is 4.98 Å². The van der Waals surface area contributed by atoms with Crippen LogP contribution in [-0.4, -0.2) is 9.91 Å². The highest BCUT2D eigenvalue weighted by Gasteiger charge is 2.10. The molecular weight excluding hydrogens is 246 g/mol. The lowest BCUT2D eigenvalue weighted by Crippen LogP contribution is -2.04. The standard InChI is InChI=1S/C13H13N3O3/c14-8-10-7-12(16(17)18)4-5-13(10)19-9-11-3-1-2-6-15-11/h1-7H,8-9,14H2. The highest BCUT2D eigenvalue weighted by atomic mass is 16.6. The minimum atomic E-state index is -0.457. The molecule has 0 spiro atoms. The molecule has 0 aliphatic rings. The van der Waals surface area contributed by atoms with Crippen molar-refractivity contribution in [3.8, 4) is 5.75 Å². The van der Waals surface area contributed by atoms with Gasteiger partial charge in [0.15, 0.2) is 0 Å². The Morgan fingerprint density at radius 1 is 1.32 bits per heavy atom. The fourth-order valence-corrected chi connectivity index (χ4v) is 1.61. The second-order valence-electron chi connectivity index (χ2n) is 3.86. The number of hydrogen-bond acceptors (Lipinski definition) is 5. The number of nitro groups is 1. The van der Waals surface area contributed by atoms with Crippen molar-refractivity contribution < 1.29 is 9.66 Å². The summed E-state index contributed by atoms with van der Waals surface area (Å²) in [6.45, 7) is 0.477. The third-order valence-corrected chi connectivity index (χ3v) is 2.58. The summed E-state index contributed by atoms with van der Waals surface area (Å²) in [7, 11) is 0. The highest BCUT2D eigenvalue weighted by Crippen LogP contribution is 2.24. The first kappa shape index (κ1) is 13.0. The summed E-state index contributed by atoms with van der Waals surface area (Å²) in [6.07, 6.45) is 1.68. The number of nitrogens with two attached hydrogens (primary N) is 1. The first-order valence-corrected chi connectivity index (χ1v) is 5.71. The molecule has 0 fully saturated rings. The highest BCUT2D eigenvalue weighted by molar-refractivity contribution is 5.43. The van der Waals surface area contributed by atoms with Crippen molar-refractivity contribution in [1.29, 1.82) is 0 Å². The summed E-state index contributed by atoms with van der Waals surface area (Å²) in [5, 5.41) is 10.7. The molecule has 1 heterocycles. The summed E-state index contributed by atoms with van der Waals surface area (Å²) in [5.41, 5.74) is 6.96. The van der Waals surface area contributed by atoms with Gasteiger partial charge in [-0.1, -0.05) is 6.07 Å². The molecule has 0 bridgehead atoms. The Morgan fingerprint density at radius 2 is 2.16 bits per heavy atom. The average Bonchev–Trinajstić information content (AvgIpc) is 2.45. The molecule has 98 valence electrons. The molecule has 0 atom stereocenters. The summed E-state index contributed by atoms with van der Waals surface area (Å²) in [6, 6.07) is 9.91. The van der Waals surface area contributed by atoms with Crippen molar-refractivity contribution in [3.63, 3.8) is 0 Å². The molecule has 1 aromatic carbocycles. The van der Waals surface area contributed by atoms with Crippen LogP contribution in [0, 0.1) is 10.1 Å². The topological polar surface area (TPSA) is 91.3 Å². The van der Waals surface area contributed by atoms with E-state index in [0.29, 0.717) is 17.9 Å². The van der Waals surface area contributed by atoms with Crippen LogP contribution in [0.3, 0.4) is 0 Å². The lowest BCUT2D eigenvalue weighted by Gasteiger charge is -2.09. The van der Waals surface area contributed by atoms with E-state index < -0.39 is 4.92 Å². The average molecular weight is 259 g/mol. The fraction of sp³-hybridized carbons (Fsp3) is 0.154. The monoisotopic (exact) mass is 259 g/mol. The zero-order valence-electron chi connectivity index (χ0n) is 10.2. The molecule has 1 aromatic heterocycles. The van der Waals surface area contributed by atoms with Crippen LogP contribution < -0.4 is 10.5 Å². The largest absolute Gasteiger partial charge is 0.487 e. The summed E-state index contributed by atoms with van der Waals surface area (Å²) >= 11 is 0. The maximum atomic E-state index is 10.7. The quantitative estimate of drug-likeness (QED) is 0.655. The van der Waals surface area contributed by atoms with Crippen molar-refractivity contribution in [2.75, 3.05) is 0 Å². The van der Waals surface area contributed by atoms with Crippen LogP contribution in [0.4, 0.5) is 5.69 Å². The molecule has 0 aliphatic carbocycles. The number of benzene rings is 1. The van der Waals surface area contributed by atoms with E-state index in [9.17, 15) is 10.1 Å². The number of hydrogen-bond donors (Lipinski definition) is 1. The number of pyridine rings is 1. The van der Waals surface area contributed by atoms with Gasteiger partial charge >= 0.3 is 0 Å². The fourth-order valence-electron chi connectivity index (χ4n) is 1.61. The predicted octanol–water partition coefficient (Wildman–Crippen LogP) is 2.03. The van der Waals surface area contributed by atoms with Crippen LogP contribution >= 0.6 is 0 Å². The molecule has 0 saturated heterocycles. The first-order chi connectivity index (χ1) is 9.20. The summed E-state index contributed by atoms with van der Waals surface area (Å²) in [5.74, 6) is 0.541. The molecule has 0 radical (unpaired) electrons. The molecule has 2 rings (SSSR count). The molecule has 0 amide bonds. The Balaban J connectivity index is 2.14. The molecule has 19 heavy (non-hydrogen) atoms. The summed E-state index contributed by atoms with van der Waals surface area (Å²) in [4.78, 5) is 14.3. The van der Waals surface area contributed by atoms with Gasteiger partial charge in [-0.25, -0.2) is 0 Å². The molecule has 2 N–H and O–H groups in total. The number of nitro benzene ring substituents is 1. The van der Waals surface area contributed by atoms with Gasteiger partial charge < -0.3 is 10.5 Å². The van der Waals surface area contributed by atoms with Crippen molar-refractivity contribution in [2.24, 2.45) is 5.73 Å². The molecule has 0 aliphatic heterocycles. The lowest BCUT2D eigenvalue weighted by atomic mass is 10.2. The maximum Gasteiger partial charge on any atom is 0.270 e. The SMILES string of the molecule is NCc1cc([N+](=O)[O-])ccc1OCc1ccccn1. The number of nitrogens with zero attached hydrogens (tertiary/aromatic N) is 2. The third-order valence-electron chi connectivity index (χ3n) is 2.58. The van der Waals surface area contributed by atoms with Crippen LogP contribution in [-0.2, 0) is 13.2 Å². The van der Waals surface area contributed by atoms with Crippen molar-refractivity contribution >= 4 is 5.69 Å². The molecule has 6 nitrogen and oxygen atoms in total. The third kappa shape index (κ3) is 3.26. The number of aromatic nitrogens is 1.